The lowest BCUT2D eigenvalue weighted by molar-refractivity contribution is 0.0757. The van der Waals surface area contributed by atoms with E-state index in [9.17, 15) is 14.0 Å². The molecule has 114 valence electrons. The van der Waals surface area contributed by atoms with Crippen molar-refractivity contribution in [3.63, 3.8) is 0 Å². The molecule has 2 amide bonds. The normalized spacial score (nSPS) is 15.6. The molecular formula is C14H16ClFN2O3. The van der Waals surface area contributed by atoms with Crippen LogP contribution in [0.1, 0.15) is 16.8 Å². The van der Waals surface area contributed by atoms with Crippen LogP contribution in [0.25, 0.3) is 0 Å². The molecule has 0 saturated carbocycles. The molecule has 1 aliphatic heterocycles. The number of carbonyl (C=O) groups is 2. The van der Waals surface area contributed by atoms with Crippen LogP contribution in [-0.4, -0.2) is 55.1 Å². The lowest BCUT2D eigenvalue weighted by atomic mass is 10.2. The Morgan fingerprint density at radius 3 is 2.52 bits per heavy atom. The lowest BCUT2D eigenvalue weighted by Gasteiger charge is -2.21. The summed E-state index contributed by atoms with van der Waals surface area (Å²) in [4.78, 5) is 27.1. The number of hydrogen-bond donors (Lipinski definition) is 0. The number of carbonyl (C=O) groups excluding carboxylic acids is 2. The van der Waals surface area contributed by atoms with Crippen LogP contribution in [0.3, 0.4) is 0 Å². The summed E-state index contributed by atoms with van der Waals surface area (Å²) in [5.41, 5.74) is 0.341. The standard InChI is InChI=1S/C14H16ClFN2O3/c1-21-14(20)18-6-2-5-17(7-8-18)13(19)10-3-4-12(16)11(15)9-10/h3-4,9H,2,5-8H2,1H3. The monoisotopic (exact) mass is 314 g/mol. The first-order valence-corrected chi connectivity index (χ1v) is 6.98. The van der Waals surface area contributed by atoms with Crippen LogP contribution in [0.15, 0.2) is 18.2 Å². The summed E-state index contributed by atoms with van der Waals surface area (Å²) in [6, 6.07) is 3.91. The van der Waals surface area contributed by atoms with Crippen LogP contribution >= 0.6 is 11.6 Å². The van der Waals surface area contributed by atoms with Crippen molar-refractivity contribution >= 4 is 23.6 Å². The molecule has 0 spiro atoms. The highest BCUT2D eigenvalue weighted by molar-refractivity contribution is 6.31. The molecule has 0 N–H and O–H groups in total. The molecule has 1 aliphatic rings. The minimum absolute atomic E-state index is 0.0770. The van der Waals surface area contributed by atoms with Crippen LogP contribution in [-0.2, 0) is 4.74 Å². The maximum Gasteiger partial charge on any atom is 0.409 e. The molecule has 5 nitrogen and oxygen atoms in total. The Morgan fingerprint density at radius 2 is 1.86 bits per heavy atom. The minimum Gasteiger partial charge on any atom is -0.453 e. The second-order valence-corrected chi connectivity index (χ2v) is 5.14. The number of ether oxygens (including phenoxy) is 1. The molecule has 0 radical (unpaired) electrons. The van der Waals surface area contributed by atoms with Crippen molar-refractivity contribution in [3.05, 3.63) is 34.6 Å². The molecule has 2 rings (SSSR count). The molecule has 1 aromatic rings. The number of methoxy groups -OCH3 is 1. The van der Waals surface area contributed by atoms with Gasteiger partial charge in [0.15, 0.2) is 0 Å². The molecule has 1 aromatic carbocycles. The van der Waals surface area contributed by atoms with E-state index in [4.69, 9.17) is 11.6 Å². The van der Waals surface area contributed by atoms with Gasteiger partial charge in [-0.1, -0.05) is 11.6 Å². The van der Waals surface area contributed by atoms with E-state index in [1.54, 1.807) is 9.80 Å². The molecule has 0 unspecified atom stereocenters. The number of nitrogens with zero attached hydrogens (tertiary/aromatic N) is 2. The Bertz CT molecular complexity index is 553. The second kappa shape index (κ2) is 6.76. The van der Waals surface area contributed by atoms with E-state index in [1.807, 2.05) is 0 Å². The zero-order valence-corrected chi connectivity index (χ0v) is 12.4. The van der Waals surface area contributed by atoms with Gasteiger partial charge in [0.2, 0.25) is 0 Å². The first-order chi connectivity index (χ1) is 10.0. The quantitative estimate of drug-likeness (QED) is 0.800. The van der Waals surface area contributed by atoms with Crippen LogP contribution in [0, 0.1) is 5.82 Å². The van der Waals surface area contributed by atoms with E-state index < -0.39 is 11.9 Å². The Labute approximate surface area is 127 Å². The maximum atomic E-state index is 13.1. The van der Waals surface area contributed by atoms with E-state index in [-0.39, 0.29) is 10.9 Å². The number of halogens is 2. The third kappa shape index (κ3) is 3.64. The van der Waals surface area contributed by atoms with Crippen LogP contribution in [0.5, 0.6) is 0 Å². The van der Waals surface area contributed by atoms with Gasteiger partial charge in [-0.15, -0.1) is 0 Å². The van der Waals surface area contributed by atoms with Crippen molar-refractivity contribution in [2.45, 2.75) is 6.42 Å². The summed E-state index contributed by atoms with van der Waals surface area (Å²) >= 11 is 5.70. The van der Waals surface area contributed by atoms with Gasteiger partial charge in [-0.3, -0.25) is 4.79 Å². The Morgan fingerprint density at radius 1 is 1.19 bits per heavy atom. The van der Waals surface area contributed by atoms with Gasteiger partial charge in [0, 0.05) is 31.7 Å². The predicted molar refractivity (Wildman–Crippen MR) is 75.9 cm³/mol. The fraction of sp³-hybridized carbons (Fsp3) is 0.429. The molecule has 0 bridgehead atoms. The summed E-state index contributed by atoms with van der Waals surface area (Å²) in [5.74, 6) is -0.774. The van der Waals surface area contributed by atoms with Gasteiger partial charge in [0.25, 0.3) is 5.91 Å². The van der Waals surface area contributed by atoms with E-state index in [1.165, 1.54) is 25.3 Å². The van der Waals surface area contributed by atoms with Gasteiger partial charge in [-0.2, -0.15) is 0 Å². The predicted octanol–water partition coefficient (Wildman–Crippen LogP) is 2.39. The summed E-state index contributed by atoms with van der Waals surface area (Å²) in [5, 5.41) is -0.0770. The zero-order chi connectivity index (χ0) is 15.4. The van der Waals surface area contributed by atoms with Gasteiger partial charge in [-0.25, -0.2) is 9.18 Å². The van der Waals surface area contributed by atoms with Gasteiger partial charge >= 0.3 is 6.09 Å². The topological polar surface area (TPSA) is 49.9 Å². The summed E-state index contributed by atoms with van der Waals surface area (Å²) < 4.78 is 17.8. The summed E-state index contributed by atoms with van der Waals surface area (Å²) in [7, 11) is 1.33. The molecule has 0 aliphatic carbocycles. The van der Waals surface area contributed by atoms with Crippen molar-refractivity contribution in [1.29, 1.82) is 0 Å². The minimum atomic E-state index is -0.555. The lowest BCUT2D eigenvalue weighted by Crippen LogP contribution is -2.37. The Kier molecular flexibility index (Phi) is 5.01. The average Bonchev–Trinajstić information content (AvgIpc) is 2.74. The van der Waals surface area contributed by atoms with Crippen LogP contribution in [0.2, 0.25) is 5.02 Å². The molecule has 21 heavy (non-hydrogen) atoms. The van der Waals surface area contributed by atoms with Crippen LogP contribution < -0.4 is 0 Å². The highest BCUT2D eigenvalue weighted by Crippen LogP contribution is 2.18. The van der Waals surface area contributed by atoms with Crippen molar-refractivity contribution in [1.82, 2.24) is 9.80 Å². The van der Waals surface area contributed by atoms with E-state index in [0.29, 0.717) is 38.2 Å². The van der Waals surface area contributed by atoms with Gasteiger partial charge < -0.3 is 14.5 Å². The third-order valence-corrected chi connectivity index (χ3v) is 3.67. The maximum absolute atomic E-state index is 13.1. The fourth-order valence-electron chi connectivity index (χ4n) is 2.24. The fourth-order valence-corrected chi connectivity index (χ4v) is 2.42. The van der Waals surface area contributed by atoms with Crippen molar-refractivity contribution in [2.24, 2.45) is 0 Å². The molecule has 1 heterocycles. The number of amides is 2. The highest BCUT2D eigenvalue weighted by atomic mass is 35.5. The number of rotatable bonds is 1. The van der Waals surface area contributed by atoms with Gasteiger partial charge in [0.05, 0.1) is 12.1 Å². The number of benzene rings is 1. The summed E-state index contributed by atoms with van der Waals surface area (Å²) in [6.07, 6.45) is 0.268. The van der Waals surface area contributed by atoms with Crippen LogP contribution in [0.4, 0.5) is 9.18 Å². The van der Waals surface area contributed by atoms with E-state index in [0.717, 1.165) is 0 Å². The first kappa shape index (κ1) is 15.6. The van der Waals surface area contributed by atoms with Crippen molar-refractivity contribution < 1.29 is 18.7 Å². The van der Waals surface area contributed by atoms with Gasteiger partial charge in [-0.05, 0) is 24.6 Å². The second-order valence-electron chi connectivity index (χ2n) is 4.73. The third-order valence-electron chi connectivity index (χ3n) is 3.38. The largest absolute Gasteiger partial charge is 0.453 e. The van der Waals surface area contributed by atoms with Gasteiger partial charge in [0.1, 0.15) is 5.82 Å². The highest BCUT2D eigenvalue weighted by Gasteiger charge is 2.23. The molecular weight excluding hydrogens is 299 g/mol. The molecule has 0 atom stereocenters. The van der Waals surface area contributed by atoms with Crippen molar-refractivity contribution in [2.75, 3.05) is 33.3 Å². The molecule has 7 heteroatoms. The van der Waals surface area contributed by atoms with E-state index in [2.05, 4.69) is 4.74 Å². The summed E-state index contributed by atoms with van der Waals surface area (Å²) in [6.45, 7) is 1.89. The van der Waals surface area contributed by atoms with Crippen molar-refractivity contribution in [3.8, 4) is 0 Å². The Balaban J connectivity index is 2.06. The van der Waals surface area contributed by atoms with E-state index >= 15 is 0 Å². The zero-order valence-electron chi connectivity index (χ0n) is 11.6. The first-order valence-electron chi connectivity index (χ1n) is 6.60. The smallest absolute Gasteiger partial charge is 0.409 e. The average molecular weight is 315 g/mol. The Hall–Kier alpha value is -1.82. The molecule has 1 saturated heterocycles. The molecule has 1 fully saturated rings. The molecule has 0 aromatic heterocycles. The SMILES string of the molecule is COC(=O)N1CCCN(C(=O)c2ccc(F)c(Cl)c2)CC1. The number of hydrogen-bond acceptors (Lipinski definition) is 3.